The van der Waals surface area contributed by atoms with Crippen molar-refractivity contribution < 1.29 is 14.3 Å². The minimum Gasteiger partial charge on any atom is -0.426 e. The zero-order valence-corrected chi connectivity index (χ0v) is 20.8. The Balaban J connectivity index is 2.21. The Morgan fingerprint density at radius 3 is 2.27 bits per heavy atom. The fraction of sp³-hybridized carbons (Fsp3) is 0.400. The monoisotopic (exact) mass is 448 g/mol. The molecule has 3 nitrogen and oxygen atoms in total. The van der Waals surface area contributed by atoms with Crippen LogP contribution in [0.5, 0.6) is 5.75 Å². The lowest BCUT2D eigenvalue weighted by molar-refractivity contribution is -0.134. The molecule has 0 heterocycles. The van der Waals surface area contributed by atoms with E-state index < -0.39 is 0 Å². The van der Waals surface area contributed by atoms with Gasteiger partial charge in [-0.2, -0.15) is 0 Å². The molecule has 0 aliphatic carbocycles. The van der Waals surface area contributed by atoms with E-state index >= 15 is 0 Å². The van der Waals surface area contributed by atoms with Gasteiger partial charge in [0.1, 0.15) is 5.75 Å². The van der Waals surface area contributed by atoms with Crippen LogP contribution in [0.1, 0.15) is 89.4 Å². The molecule has 0 saturated heterocycles. The Morgan fingerprint density at radius 1 is 0.818 bits per heavy atom. The van der Waals surface area contributed by atoms with Gasteiger partial charge in [0.05, 0.1) is 5.56 Å². The summed E-state index contributed by atoms with van der Waals surface area (Å²) in [5.74, 6) is -0.0698. The Kier molecular flexibility index (Phi) is 15.0. The highest BCUT2D eigenvalue weighted by Gasteiger charge is 2.11. The van der Waals surface area contributed by atoms with E-state index in [1.54, 1.807) is 24.3 Å². The molecule has 0 N–H and O–H groups in total. The summed E-state index contributed by atoms with van der Waals surface area (Å²) in [6.07, 6.45) is 24.5. The normalized spacial score (nSPS) is 12.8. The molecule has 33 heavy (non-hydrogen) atoms. The summed E-state index contributed by atoms with van der Waals surface area (Å²) in [7, 11) is 0. The summed E-state index contributed by atoms with van der Waals surface area (Å²) in [6.45, 7) is 7.99. The van der Waals surface area contributed by atoms with Crippen molar-refractivity contribution in [2.24, 2.45) is 0 Å². The number of hydrogen-bond acceptors (Lipinski definition) is 3. The molecule has 1 aromatic rings. The number of esters is 1. The van der Waals surface area contributed by atoms with E-state index in [9.17, 15) is 9.59 Å². The number of ether oxygens (including phenoxy) is 1. The maximum atomic E-state index is 12.0. The van der Waals surface area contributed by atoms with Gasteiger partial charge < -0.3 is 4.74 Å². The van der Waals surface area contributed by atoms with Gasteiger partial charge >= 0.3 is 5.97 Å². The second-order valence-electron chi connectivity index (χ2n) is 8.22. The van der Waals surface area contributed by atoms with E-state index in [0.29, 0.717) is 17.7 Å². The Labute approximate surface area is 200 Å². The van der Waals surface area contributed by atoms with Crippen molar-refractivity contribution in [1.82, 2.24) is 0 Å². The number of carbonyl (C=O) groups is 2. The Bertz CT molecular complexity index is 882. The van der Waals surface area contributed by atoms with Gasteiger partial charge in [0.15, 0.2) is 5.78 Å². The van der Waals surface area contributed by atoms with E-state index in [2.05, 4.69) is 69.4 Å². The van der Waals surface area contributed by atoms with Gasteiger partial charge in [-0.1, -0.05) is 78.8 Å². The number of para-hydroxylation sites is 1. The predicted molar refractivity (Wildman–Crippen MR) is 140 cm³/mol. The number of rotatable bonds is 15. The molecular formula is C30H40O3. The third-order valence-corrected chi connectivity index (χ3v) is 5.06. The fourth-order valence-corrected chi connectivity index (χ4v) is 3.08. The maximum absolute atomic E-state index is 12.0. The van der Waals surface area contributed by atoms with Gasteiger partial charge in [-0.25, -0.2) is 0 Å². The minimum absolute atomic E-state index is 0.109. The summed E-state index contributed by atoms with van der Waals surface area (Å²) in [5, 5.41) is 0. The van der Waals surface area contributed by atoms with Crippen molar-refractivity contribution in [1.29, 1.82) is 0 Å². The molecule has 0 amide bonds. The smallest absolute Gasteiger partial charge is 0.311 e. The topological polar surface area (TPSA) is 43.4 Å². The molecular weight excluding hydrogens is 408 g/mol. The van der Waals surface area contributed by atoms with Crippen LogP contribution in [0, 0.1) is 0 Å². The van der Waals surface area contributed by atoms with Crippen LogP contribution in [0.3, 0.4) is 0 Å². The van der Waals surface area contributed by atoms with E-state index in [1.807, 2.05) is 0 Å². The third-order valence-electron chi connectivity index (χ3n) is 5.06. The van der Waals surface area contributed by atoms with Crippen LogP contribution in [0.15, 0.2) is 84.0 Å². The third kappa shape index (κ3) is 13.9. The highest BCUT2D eigenvalue weighted by molar-refractivity contribution is 5.97. The van der Waals surface area contributed by atoms with Crippen molar-refractivity contribution in [3.63, 3.8) is 0 Å². The van der Waals surface area contributed by atoms with Gasteiger partial charge in [-0.05, 0) is 77.8 Å². The zero-order chi connectivity index (χ0) is 24.3. The number of Topliss-reactive ketones (excluding diaryl/α,β-unsaturated/α-hetero) is 1. The fourth-order valence-electron chi connectivity index (χ4n) is 3.08. The van der Waals surface area contributed by atoms with Crippen LogP contribution < -0.4 is 4.74 Å². The maximum Gasteiger partial charge on any atom is 0.311 e. The van der Waals surface area contributed by atoms with Gasteiger partial charge in [0.25, 0.3) is 0 Å². The highest BCUT2D eigenvalue weighted by Crippen LogP contribution is 2.19. The second kappa shape index (κ2) is 17.6. The van der Waals surface area contributed by atoms with Gasteiger partial charge in [0, 0.05) is 6.42 Å². The van der Waals surface area contributed by atoms with Crippen molar-refractivity contribution in [2.45, 2.75) is 79.1 Å². The van der Waals surface area contributed by atoms with Crippen LogP contribution in [0.4, 0.5) is 0 Å². The van der Waals surface area contributed by atoms with Crippen LogP contribution in [-0.2, 0) is 4.79 Å². The molecule has 3 heteroatoms. The van der Waals surface area contributed by atoms with Crippen LogP contribution in [0.2, 0.25) is 0 Å². The standard InChI is InChI=1S/C30H40O3/c1-5-6-7-13-18-25(2)23-24-26(3)19-14-11-9-8-10-12-15-22-30(32)33-29-21-17-16-20-28(29)27(4)31/h6-8,10-11,14,16-18,20-21,24H,5,9,12-13,15,19,22-23H2,1-4H3. The van der Waals surface area contributed by atoms with Crippen molar-refractivity contribution in [3.05, 3.63) is 89.6 Å². The molecule has 0 aliphatic rings. The lowest BCUT2D eigenvalue weighted by Gasteiger charge is -2.07. The summed E-state index contributed by atoms with van der Waals surface area (Å²) in [5.41, 5.74) is 3.24. The van der Waals surface area contributed by atoms with Crippen molar-refractivity contribution in [2.75, 3.05) is 0 Å². The largest absolute Gasteiger partial charge is 0.426 e. The zero-order valence-electron chi connectivity index (χ0n) is 20.8. The molecule has 0 spiro atoms. The molecule has 0 radical (unpaired) electrons. The average Bonchev–Trinajstić information content (AvgIpc) is 2.79. The first-order valence-electron chi connectivity index (χ1n) is 12.0. The van der Waals surface area contributed by atoms with E-state index in [1.165, 1.54) is 18.1 Å². The van der Waals surface area contributed by atoms with Gasteiger partial charge in [-0.3, -0.25) is 9.59 Å². The summed E-state index contributed by atoms with van der Waals surface area (Å²) in [4.78, 5) is 23.6. The van der Waals surface area contributed by atoms with E-state index in [4.69, 9.17) is 4.74 Å². The first-order valence-corrected chi connectivity index (χ1v) is 12.0. The molecule has 0 atom stereocenters. The summed E-state index contributed by atoms with van der Waals surface area (Å²) >= 11 is 0. The number of hydrogen-bond donors (Lipinski definition) is 0. The lowest BCUT2D eigenvalue weighted by atomic mass is 10.1. The quantitative estimate of drug-likeness (QED) is 0.0888. The van der Waals surface area contributed by atoms with Crippen molar-refractivity contribution in [3.8, 4) is 5.75 Å². The number of unbranched alkanes of at least 4 members (excludes halogenated alkanes) is 1. The molecule has 1 rings (SSSR count). The van der Waals surface area contributed by atoms with Crippen molar-refractivity contribution >= 4 is 11.8 Å². The first kappa shape index (κ1) is 28.1. The van der Waals surface area contributed by atoms with Crippen LogP contribution >= 0.6 is 0 Å². The number of carbonyl (C=O) groups excluding carboxylic acids is 2. The second-order valence-corrected chi connectivity index (χ2v) is 8.22. The summed E-state index contributed by atoms with van der Waals surface area (Å²) < 4.78 is 5.35. The van der Waals surface area contributed by atoms with Crippen LogP contribution in [0.25, 0.3) is 0 Å². The van der Waals surface area contributed by atoms with Gasteiger partial charge in [-0.15, -0.1) is 0 Å². The molecule has 1 aromatic carbocycles. The first-order chi connectivity index (χ1) is 15.9. The average molecular weight is 449 g/mol. The molecule has 0 aliphatic heterocycles. The van der Waals surface area contributed by atoms with E-state index in [-0.39, 0.29) is 11.8 Å². The molecule has 178 valence electrons. The summed E-state index contributed by atoms with van der Waals surface area (Å²) in [6, 6.07) is 6.84. The predicted octanol–water partition coefficient (Wildman–Crippen LogP) is 8.50. The highest BCUT2D eigenvalue weighted by atomic mass is 16.5. The van der Waals surface area contributed by atoms with Crippen LogP contribution in [-0.4, -0.2) is 11.8 Å². The molecule has 0 unspecified atom stereocenters. The molecule has 0 saturated carbocycles. The number of benzene rings is 1. The number of ketones is 1. The lowest BCUT2D eigenvalue weighted by Crippen LogP contribution is -2.10. The minimum atomic E-state index is -0.304. The van der Waals surface area contributed by atoms with Gasteiger partial charge in [0.2, 0.25) is 0 Å². The number of allylic oxidation sites excluding steroid dienone is 10. The Morgan fingerprint density at radius 2 is 1.52 bits per heavy atom. The van der Waals surface area contributed by atoms with E-state index in [0.717, 1.165) is 44.9 Å². The molecule has 0 aromatic heterocycles. The Hall–Kier alpha value is -2.94. The molecule has 0 fully saturated rings. The SMILES string of the molecule is CCC=CCC=C(C)CC=C(C)CC=CCC=CCCCC(=O)Oc1ccccc1C(C)=O. The molecule has 0 bridgehead atoms.